The average Bonchev–Trinajstić information content (AvgIpc) is 3.09. The van der Waals surface area contributed by atoms with Gasteiger partial charge in [-0.25, -0.2) is 9.97 Å². The highest BCUT2D eigenvalue weighted by molar-refractivity contribution is 6.28. The second kappa shape index (κ2) is 7.41. The van der Waals surface area contributed by atoms with Gasteiger partial charge in [0.05, 0.1) is 6.20 Å². The van der Waals surface area contributed by atoms with E-state index in [9.17, 15) is 18.0 Å². The number of alkyl halides is 3. The number of ether oxygens (including phenoxy) is 1. The molecule has 154 valence electrons. The maximum absolute atomic E-state index is 12.8. The molecular weight excluding hydrogens is 425 g/mol. The molecule has 12 heteroatoms. The molecule has 0 unspecified atom stereocenters. The zero-order valence-electron chi connectivity index (χ0n) is 15.2. The number of nitrogens with one attached hydrogen (secondary N) is 1. The SMILES string of the molecule is Cn1cc(C(F)(F)F)nc1-c1ccc(COc2nc(Cl)nc3ncc(=O)[nH]c23)cc1. The van der Waals surface area contributed by atoms with Gasteiger partial charge in [-0.2, -0.15) is 23.1 Å². The van der Waals surface area contributed by atoms with Crippen molar-refractivity contribution >= 4 is 22.8 Å². The van der Waals surface area contributed by atoms with Crippen LogP contribution in [0.5, 0.6) is 5.88 Å². The van der Waals surface area contributed by atoms with E-state index in [-0.39, 0.29) is 34.8 Å². The van der Waals surface area contributed by atoms with Crippen LogP contribution in [-0.2, 0) is 19.8 Å². The predicted molar refractivity (Wildman–Crippen MR) is 101 cm³/mol. The van der Waals surface area contributed by atoms with E-state index >= 15 is 0 Å². The van der Waals surface area contributed by atoms with Crippen molar-refractivity contribution < 1.29 is 17.9 Å². The van der Waals surface area contributed by atoms with Gasteiger partial charge in [0.2, 0.25) is 11.2 Å². The van der Waals surface area contributed by atoms with Gasteiger partial charge in [0.15, 0.2) is 11.3 Å². The summed E-state index contributed by atoms with van der Waals surface area (Å²) in [5, 5.41) is -0.0948. The Labute approximate surface area is 171 Å². The minimum absolute atomic E-state index is 0.0539. The molecule has 0 aliphatic carbocycles. The Morgan fingerprint density at radius 3 is 2.57 bits per heavy atom. The smallest absolute Gasteiger partial charge is 0.434 e. The summed E-state index contributed by atoms with van der Waals surface area (Å²) in [5.41, 5.74) is 0.198. The molecule has 0 spiro atoms. The first-order valence-electron chi connectivity index (χ1n) is 8.46. The summed E-state index contributed by atoms with van der Waals surface area (Å²) in [4.78, 5) is 29.5. The Bertz CT molecular complexity index is 1280. The molecule has 3 heterocycles. The number of benzene rings is 1. The van der Waals surface area contributed by atoms with Gasteiger partial charge in [0.25, 0.3) is 5.56 Å². The molecule has 0 aliphatic heterocycles. The minimum atomic E-state index is -4.51. The van der Waals surface area contributed by atoms with Gasteiger partial charge in [-0.3, -0.25) is 4.79 Å². The van der Waals surface area contributed by atoms with E-state index in [0.29, 0.717) is 11.1 Å². The Morgan fingerprint density at radius 2 is 1.90 bits per heavy atom. The number of H-pyrrole nitrogens is 1. The molecule has 0 bridgehead atoms. The van der Waals surface area contributed by atoms with Crippen molar-refractivity contribution in [2.24, 2.45) is 7.05 Å². The van der Waals surface area contributed by atoms with E-state index in [1.807, 2.05) is 0 Å². The highest BCUT2D eigenvalue weighted by atomic mass is 35.5. The lowest BCUT2D eigenvalue weighted by molar-refractivity contribution is -0.140. The molecule has 0 aliphatic rings. The van der Waals surface area contributed by atoms with E-state index in [1.54, 1.807) is 24.3 Å². The minimum Gasteiger partial charge on any atom is -0.471 e. The fourth-order valence-electron chi connectivity index (χ4n) is 2.76. The van der Waals surface area contributed by atoms with E-state index in [4.69, 9.17) is 16.3 Å². The molecule has 4 rings (SSSR count). The number of halogens is 4. The predicted octanol–water partition coefficient (Wildman–Crippen LogP) is 3.36. The van der Waals surface area contributed by atoms with Crippen LogP contribution in [0.15, 0.2) is 41.5 Å². The number of hydrogen-bond acceptors (Lipinski definition) is 6. The van der Waals surface area contributed by atoms with Crippen LogP contribution >= 0.6 is 11.6 Å². The summed E-state index contributed by atoms with van der Waals surface area (Å²) in [6, 6.07) is 6.64. The lowest BCUT2D eigenvalue weighted by Crippen LogP contribution is -2.09. The van der Waals surface area contributed by atoms with Gasteiger partial charge >= 0.3 is 6.18 Å². The van der Waals surface area contributed by atoms with Gasteiger partial charge in [-0.1, -0.05) is 24.3 Å². The number of fused-ring (bicyclic) bond motifs is 1. The number of hydrogen-bond donors (Lipinski definition) is 1. The fourth-order valence-corrected chi connectivity index (χ4v) is 2.92. The maximum atomic E-state index is 12.8. The third-order valence-corrected chi connectivity index (χ3v) is 4.31. The van der Waals surface area contributed by atoms with Crippen LogP contribution in [0.25, 0.3) is 22.6 Å². The molecule has 0 saturated heterocycles. The fraction of sp³-hybridized carbons (Fsp3) is 0.167. The zero-order chi connectivity index (χ0) is 21.5. The maximum Gasteiger partial charge on any atom is 0.434 e. The third kappa shape index (κ3) is 3.96. The van der Waals surface area contributed by atoms with Crippen LogP contribution in [0.3, 0.4) is 0 Å². The van der Waals surface area contributed by atoms with Crippen LogP contribution in [0, 0.1) is 0 Å². The Kier molecular flexibility index (Phi) is 4.90. The molecule has 0 atom stereocenters. The molecule has 1 aromatic carbocycles. The molecule has 0 radical (unpaired) electrons. The number of aryl methyl sites for hydroxylation is 1. The molecule has 0 amide bonds. The Morgan fingerprint density at radius 1 is 1.17 bits per heavy atom. The molecular formula is C18H12ClF3N6O2. The second-order valence-corrected chi connectivity index (χ2v) is 6.63. The lowest BCUT2D eigenvalue weighted by atomic mass is 10.1. The number of aromatic nitrogens is 6. The van der Waals surface area contributed by atoms with Crippen LogP contribution in [0.1, 0.15) is 11.3 Å². The summed E-state index contributed by atoms with van der Waals surface area (Å²) in [7, 11) is 1.49. The Balaban J connectivity index is 1.56. The second-order valence-electron chi connectivity index (χ2n) is 6.29. The molecule has 1 N–H and O–H groups in total. The molecule has 4 aromatic rings. The third-order valence-electron chi connectivity index (χ3n) is 4.14. The van der Waals surface area contributed by atoms with E-state index in [0.717, 1.165) is 12.4 Å². The highest BCUT2D eigenvalue weighted by Gasteiger charge is 2.34. The van der Waals surface area contributed by atoms with Crippen molar-refractivity contribution in [1.82, 2.24) is 29.5 Å². The zero-order valence-corrected chi connectivity index (χ0v) is 16.0. The van der Waals surface area contributed by atoms with Crippen molar-refractivity contribution in [2.75, 3.05) is 0 Å². The van der Waals surface area contributed by atoms with Crippen molar-refractivity contribution in [3.63, 3.8) is 0 Å². The van der Waals surface area contributed by atoms with Crippen molar-refractivity contribution in [3.8, 4) is 17.3 Å². The number of aromatic amines is 1. The molecule has 0 fully saturated rings. The Hall–Kier alpha value is -3.47. The topological polar surface area (TPSA) is 98.6 Å². The summed E-state index contributed by atoms with van der Waals surface area (Å²) in [6.45, 7) is 0.0635. The summed E-state index contributed by atoms with van der Waals surface area (Å²) >= 11 is 5.86. The van der Waals surface area contributed by atoms with Gasteiger partial charge in [0, 0.05) is 18.8 Å². The quantitative estimate of drug-likeness (QED) is 0.492. The van der Waals surface area contributed by atoms with Gasteiger partial charge in [-0.05, 0) is 17.2 Å². The largest absolute Gasteiger partial charge is 0.471 e. The van der Waals surface area contributed by atoms with E-state index < -0.39 is 17.4 Å². The highest BCUT2D eigenvalue weighted by Crippen LogP contribution is 2.30. The number of imidazole rings is 1. The van der Waals surface area contributed by atoms with Crippen LogP contribution < -0.4 is 10.3 Å². The van der Waals surface area contributed by atoms with Crippen LogP contribution in [0.2, 0.25) is 5.28 Å². The van der Waals surface area contributed by atoms with E-state index in [2.05, 4.69) is 24.9 Å². The molecule has 0 saturated carbocycles. The van der Waals surface area contributed by atoms with Crippen LogP contribution in [0.4, 0.5) is 13.2 Å². The lowest BCUT2D eigenvalue weighted by Gasteiger charge is -2.08. The number of nitrogens with zero attached hydrogens (tertiary/aromatic N) is 5. The van der Waals surface area contributed by atoms with Gasteiger partial charge < -0.3 is 14.3 Å². The van der Waals surface area contributed by atoms with Crippen molar-refractivity contribution in [1.29, 1.82) is 0 Å². The van der Waals surface area contributed by atoms with E-state index in [1.165, 1.54) is 11.6 Å². The summed E-state index contributed by atoms with van der Waals surface area (Å²) in [6.07, 6.45) is -2.51. The van der Waals surface area contributed by atoms with Gasteiger partial charge in [-0.15, -0.1) is 0 Å². The summed E-state index contributed by atoms with van der Waals surface area (Å²) < 4.78 is 45.5. The monoisotopic (exact) mass is 436 g/mol. The first-order chi connectivity index (χ1) is 14.2. The molecule has 8 nitrogen and oxygen atoms in total. The first kappa shape index (κ1) is 19.8. The molecule has 3 aromatic heterocycles. The standard InChI is InChI=1S/C18H12ClF3N6O2/c1-28-7-11(18(20,21)22)24-15(28)10-4-2-9(3-5-10)8-30-16-13-14(26-17(19)27-16)23-6-12(29)25-13/h2-7H,8H2,1H3,(H,25,29). The van der Waals surface area contributed by atoms with Crippen molar-refractivity contribution in [2.45, 2.75) is 12.8 Å². The first-order valence-corrected chi connectivity index (χ1v) is 8.84. The normalized spacial score (nSPS) is 11.8. The van der Waals surface area contributed by atoms with Crippen LogP contribution in [-0.4, -0.2) is 29.5 Å². The summed E-state index contributed by atoms with van der Waals surface area (Å²) in [5.74, 6) is 0.241. The number of rotatable bonds is 4. The van der Waals surface area contributed by atoms with Gasteiger partial charge in [0.1, 0.15) is 17.9 Å². The average molecular weight is 437 g/mol. The van der Waals surface area contributed by atoms with Crippen molar-refractivity contribution in [3.05, 3.63) is 63.6 Å². The molecule has 30 heavy (non-hydrogen) atoms.